The van der Waals surface area contributed by atoms with Crippen LogP contribution in [-0.2, 0) is 19.6 Å². The molecule has 0 radical (unpaired) electrons. The van der Waals surface area contributed by atoms with Crippen LogP contribution in [0, 0.1) is 0 Å². The van der Waals surface area contributed by atoms with Crippen molar-refractivity contribution >= 4 is 27.9 Å². The maximum absolute atomic E-state index is 11.9. The normalized spacial score (nSPS) is 12.3. The number of hydrogen-bond donors (Lipinski definition) is 2. The summed E-state index contributed by atoms with van der Waals surface area (Å²) in [5.41, 5.74) is 0.0829. The molecule has 0 saturated heterocycles. The summed E-state index contributed by atoms with van der Waals surface area (Å²) in [6.45, 7) is 3.03. The molecule has 1 aromatic carbocycles. The number of esters is 1. The molecule has 144 valence electrons. The summed E-state index contributed by atoms with van der Waals surface area (Å²) in [4.78, 5) is 35.0. The third-order valence-corrected chi connectivity index (χ3v) is 5.28. The fraction of sp³-hybridized carbons (Fsp3) is 0.438. The second kappa shape index (κ2) is 9.30. The molecular formula is C16H23N3O6S. The predicted molar refractivity (Wildman–Crippen MR) is 94.0 cm³/mol. The van der Waals surface area contributed by atoms with E-state index in [0.717, 1.165) is 4.31 Å². The minimum atomic E-state index is -3.60. The largest absolute Gasteiger partial charge is 0.452 e. The van der Waals surface area contributed by atoms with Crippen molar-refractivity contribution in [2.75, 3.05) is 20.7 Å². The number of carbonyl (C=O) groups excluding carboxylic acids is 3. The van der Waals surface area contributed by atoms with Gasteiger partial charge in [0.25, 0.3) is 5.91 Å². The number of nitrogens with one attached hydrogen (secondary N) is 2. The summed E-state index contributed by atoms with van der Waals surface area (Å²) in [5.74, 6) is -1.58. The summed E-state index contributed by atoms with van der Waals surface area (Å²) in [6, 6.07) is 4.34. The van der Waals surface area contributed by atoms with Crippen LogP contribution in [0.25, 0.3) is 0 Å². The van der Waals surface area contributed by atoms with Gasteiger partial charge in [-0.25, -0.2) is 22.3 Å². The fourth-order valence-corrected chi connectivity index (χ4v) is 2.61. The SMILES string of the molecule is CC[C@H](C)NC(=O)NC(=O)COC(=O)c1ccc(S(=O)(=O)N(C)C)cc1. The van der Waals surface area contributed by atoms with Crippen molar-refractivity contribution in [2.24, 2.45) is 0 Å². The average molecular weight is 385 g/mol. The number of imide groups is 1. The number of hydrogen-bond acceptors (Lipinski definition) is 6. The van der Waals surface area contributed by atoms with Gasteiger partial charge in [-0.1, -0.05) is 6.92 Å². The summed E-state index contributed by atoms with van der Waals surface area (Å²) in [7, 11) is -0.805. The molecule has 0 saturated carbocycles. The predicted octanol–water partition coefficient (Wildman–Crippen LogP) is 0.718. The minimum Gasteiger partial charge on any atom is -0.452 e. The van der Waals surface area contributed by atoms with Crippen molar-refractivity contribution < 1.29 is 27.5 Å². The number of nitrogens with zero attached hydrogens (tertiary/aromatic N) is 1. The lowest BCUT2D eigenvalue weighted by molar-refractivity contribution is -0.123. The van der Waals surface area contributed by atoms with Crippen LogP contribution in [-0.4, -0.2) is 57.4 Å². The molecule has 26 heavy (non-hydrogen) atoms. The molecule has 0 unspecified atom stereocenters. The van der Waals surface area contributed by atoms with Crippen LogP contribution in [0.15, 0.2) is 29.2 Å². The van der Waals surface area contributed by atoms with E-state index in [0.29, 0.717) is 6.42 Å². The van der Waals surface area contributed by atoms with Gasteiger partial charge >= 0.3 is 12.0 Å². The Morgan fingerprint density at radius 2 is 1.73 bits per heavy atom. The topological polar surface area (TPSA) is 122 Å². The van der Waals surface area contributed by atoms with Gasteiger partial charge in [-0.15, -0.1) is 0 Å². The quantitative estimate of drug-likeness (QED) is 0.667. The molecule has 0 heterocycles. The highest BCUT2D eigenvalue weighted by atomic mass is 32.2. The molecule has 0 aliphatic rings. The molecule has 1 atom stereocenters. The van der Waals surface area contributed by atoms with Crippen molar-refractivity contribution in [1.29, 1.82) is 0 Å². The maximum Gasteiger partial charge on any atom is 0.338 e. The second-order valence-corrected chi connectivity index (χ2v) is 7.87. The van der Waals surface area contributed by atoms with Crippen molar-refractivity contribution in [3.63, 3.8) is 0 Å². The lowest BCUT2D eigenvalue weighted by Crippen LogP contribution is -2.44. The first-order chi connectivity index (χ1) is 12.1. The maximum atomic E-state index is 11.9. The van der Waals surface area contributed by atoms with Gasteiger partial charge in [0, 0.05) is 20.1 Å². The van der Waals surface area contributed by atoms with Crippen LogP contribution in [0.4, 0.5) is 4.79 Å². The zero-order valence-electron chi connectivity index (χ0n) is 15.1. The van der Waals surface area contributed by atoms with Crippen LogP contribution in [0.2, 0.25) is 0 Å². The molecule has 9 nitrogen and oxygen atoms in total. The molecule has 1 rings (SSSR count). The molecule has 0 aliphatic carbocycles. The van der Waals surface area contributed by atoms with E-state index in [-0.39, 0.29) is 16.5 Å². The van der Waals surface area contributed by atoms with Gasteiger partial charge in [0.05, 0.1) is 10.5 Å². The number of amides is 3. The molecule has 10 heteroatoms. The van der Waals surface area contributed by atoms with E-state index in [9.17, 15) is 22.8 Å². The van der Waals surface area contributed by atoms with Crippen LogP contribution in [0.3, 0.4) is 0 Å². The molecule has 1 aromatic rings. The third-order valence-electron chi connectivity index (χ3n) is 3.45. The van der Waals surface area contributed by atoms with Crippen LogP contribution >= 0.6 is 0 Å². The Hall–Kier alpha value is -2.46. The Bertz CT molecular complexity index is 759. The molecule has 0 aromatic heterocycles. The Balaban J connectivity index is 2.58. The number of carbonyl (C=O) groups is 3. The van der Waals surface area contributed by atoms with E-state index < -0.39 is 34.5 Å². The number of sulfonamides is 1. The highest BCUT2D eigenvalue weighted by Crippen LogP contribution is 2.14. The molecule has 0 spiro atoms. The standard InChI is InChI=1S/C16H23N3O6S/c1-5-11(2)17-16(22)18-14(20)10-25-15(21)12-6-8-13(9-7-12)26(23,24)19(3)4/h6-9,11H,5,10H2,1-4H3,(H2,17,18,20,22)/t11-/m0/s1. The Morgan fingerprint density at radius 3 is 2.23 bits per heavy atom. The summed E-state index contributed by atoms with van der Waals surface area (Å²) >= 11 is 0. The first kappa shape index (κ1) is 21.6. The lowest BCUT2D eigenvalue weighted by atomic mass is 10.2. The van der Waals surface area contributed by atoms with Crippen molar-refractivity contribution in [1.82, 2.24) is 14.9 Å². The first-order valence-corrected chi connectivity index (χ1v) is 9.32. The van der Waals surface area contributed by atoms with Crippen LogP contribution < -0.4 is 10.6 Å². The van der Waals surface area contributed by atoms with Gasteiger partial charge in [-0.2, -0.15) is 0 Å². The van der Waals surface area contributed by atoms with Crippen LogP contribution in [0.1, 0.15) is 30.6 Å². The summed E-state index contributed by atoms with van der Waals surface area (Å²) < 4.78 is 29.8. The first-order valence-electron chi connectivity index (χ1n) is 7.88. The Kier molecular flexibility index (Phi) is 7.72. The van der Waals surface area contributed by atoms with Gasteiger partial charge in [0.1, 0.15) is 0 Å². The van der Waals surface area contributed by atoms with Crippen molar-refractivity contribution in [2.45, 2.75) is 31.2 Å². The van der Waals surface area contributed by atoms with Gasteiger partial charge in [-0.3, -0.25) is 10.1 Å². The highest BCUT2D eigenvalue weighted by Gasteiger charge is 2.18. The van der Waals surface area contributed by atoms with Gasteiger partial charge in [0.2, 0.25) is 10.0 Å². The average Bonchev–Trinajstić information content (AvgIpc) is 2.59. The van der Waals surface area contributed by atoms with E-state index in [1.807, 2.05) is 12.2 Å². The molecule has 2 N–H and O–H groups in total. The highest BCUT2D eigenvalue weighted by molar-refractivity contribution is 7.89. The van der Waals surface area contributed by atoms with E-state index >= 15 is 0 Å². The number of ether oxygens (including phenoxy) is 1. The Morgan fingerprint density at radius 1 is 1.15 bits per heavy atom. The number of benzene rings is 1. The third kappa shape index (κ3) is 6.12. The van der Waals surface area contributed by atoms with E-state index in [1.165, 1.54) is 38.4 Å². The van der Waals surface area contributed by atoms with Crippen LogP contribution in [0.5, 0.6) is 0 Å². The lowest BCUT2D eigenvalue weighted by Gasteiger charge is -2.12. The number of urea groups is 1. The molecule has 0 bridgehead atoms. The number of rotatable bonds is 7. The fourth-order valence-electron chi connectivity index (χ4n) is 1.71. The molecule has 0 aliphatic heterocycles. The van der Waals surface area contributed by atoms with Gasteiger partial charge in [-0.05, 0) is 37.6 Å². The van der Waals surface area contributed by atoms with Gasteiger partial charge in [0.15, 0.2) is 6.61 Å². The second-order valence-electron chi connectivity index (χ2n) is 5.72. The minimum absolute atomic E-state index is 0.0264. The van der Waals surface area contributed by atoms with Gasteiger partial charge < -0.3 is 10.1 Å². The zero-order chi connectivity index (χ0) is 19.9. The summed E-state index contributed by atoms with van der Waals surface area (Å²) in [6.07, 6.45) is 0.704. The molecule has 3 amide bonds. The van der Waals surface area contributed by atoms with E-state index in [1.54, 1.807) is 6.92 Å². The molecular weight excluding hydrogens is 362 g/mol. The van der Waals surface area contributed by atoms with Crippen molar-refractivity contribution in [3.8, 4) is 0 Å². The van der Waals surface area contributed by atoms with E-state index in [4.69, 9.17) is 4.74 Å². The molecule has 0 fully saturated rings. The zero-order valence-corrected chi connectivity index (χ0v) is 15.9. The van der Waals surface area contributed by atoms with Crippen molar-refractivity contribution in [3.05, 3.63) is 29.8 Å². The smallest absolute Gasteiger partial charge is 0.338 e. The monoisotopic (exact) mass is 385 g/mol. The summed E-state index contributed by atoms with van der Waals surface area (Å²) in [5, 5.41) is 4.58. The Labute approximate surface area is 152 Å². The van der Waals surface area contributed by atoms with E-state index in [2.05, 4.69) is 5.32 Å².